The van der Waals surface area contributed by atoms with Crippen LogP contribution in [0.5, 0.6) is 0 Å². The molecule has 0 saturated carbocycles. The molecule has 3 rings (SSSR count). The maximum absolute atomic E-state index is 11.8. The van der Waals surface area contributed by atoms with Crippen molar-refractivity contribution >= 4 is 23.4 Å². The minimum absolute atomic E-state index is 0.232. The predicted octanol–water partition coefficient (Wildman–Crippen LogP) is 2.73. The number of para-hydroxylation sites is 1. The monoisotopic (exact) mass is 277 g/mol. The summed E-state index contributed by atoms with van der Waals surface area (Å²) in [7, 11) is 2.12. The summed E-state index contributed by atoms with van der Waals surface area (Å²) in [5.41, 5.74) is 3.32. The molecule has 1 N–H and O–H groups in total. The van der Waals surface area contributed by atoms with Crippen molar-refractivity contribution < 1.29 is 9.90 Å². The molecule has 2 aliphatic heterocycles. The molecule has 3 unspecified atom stereocenters. The number of carbonyl (C=O) groups is 1. The molecule has 0 spiro atoms. The fraction of sp³-hybridized carbons (Fsp3) is 0.533. The fourth-order valence-electron chi connectivity index (χ4n) is 3.67. The average molecular weight is 277 g/mol. The largest absolute Gasteiger partial charge is 0.481 e. The summed E-state index contributed by atoms with van der Waals surface area (Å²) >= 11 is 1.89. The number of carboxylic acid groups (broad SMARTS) is 1. The molecule has 0 amide bonds. The van der Waals surface area contributed by atoms with Crippen molar-refractivity contribution in [3.63, 3.8) is 0 Å². The number of fused-ring (bicyclic) bond motifs is 2. The Morgan fingerprint density at radius 3 is 3.00 bits per heavy atom. The molecule has 2 aliphatic rings. The lowest BCUT2D eigenvalue weighted by Gasteiger charge is -2.47. The van der Waals surface area contributed by atoms with E-state index in [0.717, 1.165) is 29.2 Å². The van der Waals surface area contributed by atoms with E-state index in [2.05, 4.69) is 24.9 Å². The summed E-state index contributed by atoms with van der Waals surface area (Å²) in [5, 5.41) is 9.67. The number of carboxylic acids is 1. The van der Waals surface area contributed by atoms with Crippen molar-refractivity contribution in [3.05, 3.63) is 29.3 Å². The number of benzene rings is 1. The van der Waals surface area contributed by atoms with Gasteiger partial charge in [0.2, 0.25) is 0 Å². The van der Waals surface area contributed by atoms with E-state index in [9.17, 15) is 9.90 Å². The average Bonchev–Trinajstić information content (AvgIpc) is 2.38. The van der Waals surface area contributed by atoms with Gasteiger partial charge in [0.05, 0.1) is 5.92 Å². The van der Waals surface area contributed by atoms with E-state index in [0.29, 0.717) is 6.04 Å². The van der Waals surface area contributed by atoms with Crippen LogP contribution >= 0.6 is 11.8 Å². The van der Waals surface area contributed by atoms with Gasteiger partial charge in [-0.15, -0.1) is 0 Å². The SMILES string of the molecule is Cc1cccc2c1N(C)C1CCSCC1C2C(=O)O. The van der Waals surface area contributed by atoms with Gasteiger partial charge in [0.15, 0.2) is 0 Å². The number of aliphatic carboxylic acids is 1. The van der Waals surface area contributed by atoms with Crippen LogP contribution in [-0.2, 0) is 4.79 Å². The first kappa shape index (κ1) is 12.9. The van der Waals surface area contributed by atoms with Crippen LogP contribution in [0.4, 0.5) is 5.69 Å². The van der Waals surface area contributed by atoms with Crippen LogP contribution < -0.4 is 4.90 Å². The predicted molar refractivity (Wildman–Crippen MR) is 79.2 cm³/mol. The first-order chi connectivity index (χ1) is 9.11. The van der Waals surface area contributed by atoms with Gasteiger partial charge in [-0.3, -0.25) is 4.79 Å². The molecule has 0 aliphatic carbocycles. The van der Waals surface area contributed by atoms with Crippen molar-refractivity contribution in [2.75, 3.05) is 23.5 Å². The Labute approximate surface area is 118 Å². The second-order valence-corrected chi connectivity index (χ2v) is 6.68. The van der Waals surface area contributed by atoms with Gasteiger partial charge in [0.1, 0.15) is 0 Å². The van der Waals surface area contributed by atoms with Crippen molar-refractivity contribution in [2.24, 2.45) is 5.92 Å². The molecular weight excluding hydrogens is 258 g/mol. The van der Waals surface area contributed by atoms with Crippen molar-refractivity contribution in [2.45, 2.75) is 25.3 Å². The van der Waals surface area contributed by atoms with Gasteiger partial charge in [-0.2, -0.15) is 11.8 Å². The van der Waals surface area contributed by atoms with E-state index in [1.165, 1.54) is 5.56 Å². The highest BCUT2D eigenvalue weighted by molar-refractivity contribution is 7.99. The number of anilines is 1. The molecule has 2 heterocycles. The number of aryl methyl sites for hydroxylation is 1. The van der Waals surface area contributed by atoms with Crippen molar-refractivity contribution in [1.82, 2.24) is 0 Å². The van der Waals surface area contributed by atoms with Crippen LogP contribution in [0, 0.1) is 12.8 Å². The molecule has 102 valence electrons. The van der Waals surface area contributed by atoms with Crippen LogP contribution in [0.1, 0.15) is 23.5 Å². The maximum Gasteiger partial charge on any atom is 0.311 e. The molecule has 19 heavy (non-hydrogen) atoms. The van der Waals surface area contributed by atoms with Gasteiger partial charge in [0.25, 0.3) is 0 Å². The van der Waals surface area contributed by atoms with Crippen LogP contribution in [0.2, 0.25) is 0 Å². The van der Waals surface area contributed by atoms with Crippen LogP contribution in [0.25, 0.3) is 0 Å². The van der Waals surface area contributed by atoms with Gasteiger partial charge in [0, 0.05) is 24.7 Å². The minimum Gasteiger partial charge on any atom is -0.481 e. The van der Waals surface area contributed by atoms with E-state index < -0.39 is 5.97 Å². The second-order valence-electron chi connectivity index (χ2n) is 5.53. The Kier molecular flexibility index (Phi) is 3.21. The maximum atomic E-state index is 11.8. The van der Waals surface area contributed by atoms with Gasteiger partial charge in [-0.1, -0.05) is 18.2 Å². The number of rotatable bonds is 1. The van der Waals surface area contributed by atoms with E-state index in [1.807, 2.05) is 23.9 Å². The second kappa shape index (κ2) is 4.75. The Bertz CT molecular complexity index is 517. The highest BCUT2D eigenvalue weighted by atomic mass is 32.2. The summed E-state index contributed by atoms with van der Waals surface area (Å²) in [6, 6.07) is 6.42. The zero-order valence-electron chi connectivity index (χ0n) is 11.3. The summed E-state index contributed by atoms with van der Waals surface area (Å²) < 4.78 is 0. The Morgan fingerprint density at radius 2 is 2.26 bits per heavy atom. The number of thioether (sulfide) groups is 1. The molecule has 0 radical (unpaired) electrons. The first-order valence-electron chi connectivity index (χ1n) is 6.74. The lowest BCUT2D eigenvalue weighted by atomic mass is 9.75. The number of hydrogen-bond donors (Lipinski definition) is 1. The molecular formula is C15H19NO2S. The van der Waals surface area contributed by atoms with E-state index >= 15 is 0 Å². The molecule has 1 fully saturated rings. The number of hydrogen-bond acceptors (Lipinski definition) is 3. The van der Waals surface area contributed by atoms with E-state index in [1.54, 1.807) is 0 Å². The first-order valence-corrected chi connectivity index (χ1v) is 7.89. The summed E-state index contributed by atoms with van der Waals surface area (Å²) in [6.45, 7) is 2.08. The van der Waals surface area contributed by atoms with E-state index in [-0.39, 0.29) is 11.8 Å². The normalized spacial score (nSPS) is 29.6. The summed E-state index contributed by atoms with van der Waals surface area (Å²) in [6.07, 6.45) is 1.09. The smallest absolute Gasteiger partial charge is 0.311 e. The fourth-order valence-corrected chi connectivity index (χ4v) is 4.94. The van der Waals surface area contributed by atoms with Crippen LogP contribution in [-0.4, -0.2) is 35.7 Å². The standard InChI is InChI=1S/C15H19NO2S/c1-9-4-3-5-10-13(15(17)18)11-8-19-7-6-12(11)16(2)14(9)10/h3-5,11-13H,6-8H2,1-2H3,(H,17,18). The van der Waals surface area contributed by atoms with Gasteiger partial charge >= 0.3 is 5.97 Å². The van der Waals surface area contributed by atoms with Gasteiger partial charge in [-0.05, 0) is 36.0 Å². The minimum atomic E-state index is -0.669. The third-order valence-electron chi connectivity index (χ3n) is 4.51. The van der Waals surface area contributed by atoms with Crippen LogP contribution in [0.3, 0.4) is 0 Å². The quantitative estimate of drug-likeness (QED) is 0.857. The topological polar surface area (TPSA) is 40.5 Å². The molecule has 0 bridgehead atoms. The third kappa shape index (κ3) is 1.93. The van der Waals surface area contributed by atoms with Crippen molar-refractivity contribution in [3.8, 4) is 0 Å². The molecule has 1 saturated heterocycles. The Morgan fingerprint density at radius 1 is 1.47 bits per heavy atom. The van der Waals surface area contributed by atoms with Crippen molar-refractivity contribution in [1.29, 1.82) is 0 Å². The Balaban J connectivity index is 2.16. The van der Waals surface area contributed by atoms with Gasteiger partial charge in [-0.25, -0.2) is 0 Å². The lowest BCUT2D eigenvalue weighted by molar-refractivity contribution is -0.140. The molecule has 4 heteroatoms. The zero-order chi connectivity index (χ0) is 13.6. The number of nitrogens with zero attached hydrogens (tertiary/aromatic N) is 1. The lowest BCUT2D eigenvalue weighted by Crippen LogP contribution is -2.50. The molecule has 1 aromatic carbocycles. The molecule has 1 aromatic rings. The molecule has 3 nitrogen and oxygen atoms in total. The summed E-state index contributed by atoms with van der Waals surface area (Å²) in [5.74, 6) is 1.32. The van der Waals surface area contributed by atoms with Crippen LogP contribution in [0.15, 0.2) is 18.2 Å². The zero-order valence-corrected chi connectivity index (χ0v) is 12.1. The highest BCUT2D eigenvalue weighted by Gasteiger charge is 2.44. The molecule has 3 atom stereocenters. The highest BCUT2D eigenvalue weighted by Crippen LogP contribution is 2.47. The van der Waals surface area contributed by atoms with E-state index in [4.69, 9.17) is 0 Å². The molecule has 0 aromatic heterocycles. The third-order valence-corrected chi connectivity index (χ3v) is 5.66. The Hall–Kier alpha value is -1.16. The summed E-state index contributed by atoms with van der Waals surface area (Å²) in [4.78, 5) is 14.1. The van der Waals surface area contributed by atoms with Gasteiger partial charge < -0.3 is 10.0 Å².